The number of hydrogen-bond acceptors (Lipinski definition) is 9. The smallest absolute Gasteiger partial charge is 0.255 e. The summed E-state index contributed by atoms with van der Waals surface area (Å²) in [6.07, 6.45) is -0.200. The predicted molar refractivity (Wildman–Crippen MR) is 110 cm³/mol. The van der Waals surface area contributed by atoms with Crippen LogP contribution in [0.4, 0.5) is 0 Å². The lowest BCUT2D eigenvalue weighted by atomic mass is 9.54. The molecular weight excluding hydrogens is 420 g/mol. The minimum atomic E-state index is -2.75. The predicted octanol–water partition coefficient (Wildman–Crippen LogP) is -0.371. The molecule has 0 unspecified atom stereocenters. The second-order valence-corrected chi connectivity index (χ2v) is 8.96. The molecule has 0 bridgehead atoms. The molecule has 1 aromatic rings. The Kier molecular flexibility index (Phi) is 4.57. The van der Waals surface area contributed by atoms with Crippen molar-refractivity contribution in [2.45, 2.75) is 30.6 Å². The Morgan fingerprint density at radius 1 is 1.16 bits per heavy atom. The van der Waals surface area contributed by atoms with Gasteiger partial charge in [-0.15, -0.1) is 0 Å². The number of aliphatic hydroxyl groups excluding tert-OH is 2. The molecule has 7 N–H and O–H groups in total. The Balaban J connectivity index is 2.05. The molecule has 3 aliphatic rings. The molecule has 0 radical (unpaired) electrons. The lowest BCUT2D eigenvalue weighted by molar-refractivity contribution is -0.159. The Morgan fingerprint density at radius 3 is 2.34 bits per heavy atom. The van der Waals surface area contributed by atoms with Gasteiger partial charge in [-0.3, -0.25) is 19.3 Å². The fourth-order valence-electron chi connectivity index (χ4n) is 5.50. The molecule has 1 amide bonds. The van der Waals surface area contributed by atoms with E-state index in [2.05, 4.69) is 0 Å². The number of aliphatic hydroxyl groups is 4. The van der Waals surface area contributed by atoms with Crippen LogP contribution in [0.15, 0.2) is 35.1 Å². The molecule has 1 aromatic carbocycles. The van der Waals surface area contributed by atoms with Crippen molar-refractivity contribution in [3.63, 3.8) is 0 Å². The number of likely N-dealkylation sites (N-methyl/N-ethyl adjacent to an activating group) is 1. The van der Waals surface area contributed by atoms with E-state index in [0.717, 1.165) is 0 Å². The molecule has 170 valence electrons. The van der Waals surface area contributed by atoms with Gasteiger partial charge in [0.25, 0.3) is 5.91 Å². The SMILES string of the molecule is CN(C)[C@H]1C(=O)C(C(N)=O)=C(O)[C@@]2(O)C(=O)C3=C(O)c4c(O)cccc4[C@@](C)(O)[C@@H]3C[C@@H]12. The van der Waals surface area contributed by atoms with Gasteiger partial charge in [0.1, 0.15) is 22.8 Å². The maximum atomic E-state index is 13.7. The van der Waals surface area contributed by atoms with Crippen LogP contribution in [0.25, 0.3) is 5.76 Å². The van der Waals surface area contributed by atoms with Crippen LogP contribution in [0.5, 0.6) is 5.75 Å². The van der Waals surface area contributed by atoms with Gasteiger partial charge in [-0.1, -0.05) is 12.1 Å². The highest BCUT2D eigenvalue weighted by molar-refractivity contribution is 6.24. The maximum Gasteiger partial charge on any atom is 0.255 e. The molecule has 0 aliphatic heterocycles. The molecule has 0 heterocycles. The summed E-state index contributed by atoms with van der Waals surface area (Å²) in [7, 11) is 3.01. The third-order valence-corrected chi connectivity index (χ3v) is 7.02. The van der Waals surface area contributed by atoms with Gasteiger partial charge >= 0.3 is 0 Å². The largest absolute Gasteiger partial charge is 0.508 e. The van der Waals surface area contributed by atoms with Crippen LogP contribution in [-0.2, 0) is 20.0 Å². The zero-order valence-electron chi connectivity index (χ0n) is 17.7. The molecule has 0 saturated heterocycles. The summed E-state index contributed by atoms with van der Waals surface area (Å²) in [4.78, 5) is 40.0. The highest BCUT2D eigenvalue weighted by atomic mass is 16.3. The normalized spacial score (nSPS) is 34.4. The lowest BCUT2D eigenvalue weighted by Gasteiger charge is -2.53. The van der Waals surface area contributed by atoms with Crippen LogP contribution in [0.2, 0.25) is 0 Å². The summed E-state index contributed by atoms with van der Waals surface area (Å²) >= 11 is 0. The number of rotatable bonds is 2. The molecule has 4 rings (SSSR count). The fourth-order valence-corrected chi connectivity index (χ4v) is 5.50. The number of nitrogens with two attached hydrogens (primary N) is 1. The number of fused-ring (bicyclic) bond motifs is 3. The third kappa shape index (κ3) is 2.48. The van der Waals surface area contributed by atoms with E-state index in [1.165, 1.54) is 44.1 Å². The summed E-state index contributed by atoms with van der Waals surface area (Å²) in [5, 5.41) is 54.9. The molecule has 0 spiro atoms. The van der Waals surface area contributed by atoms with E-state index in [4.69, 9.17) is 5.73 Å². The quantitative estimate of drug-likeness (QED) is 0.332. The number of Topliss-reactive ketones (excluding diaryl/α,β-unsaturated/α-hetero) is 2. The topological polar surface area (TPSA) is 182 Å². The Labute approximate surface area is 182 Å². The number of nitrogens with zero attached hydrogens (tertiary/aromatic N) is 1. The van der Waals surface area contributed by atoms with Crippen LogP contribution in [0.1, 0.15) is 24.5 Å². The van der Waals surface area contributed by atoms with Gasteiger partial charge < -0.3 is 31.3 Å². The van der Waals surface area contributed by atoms with E-state index in [9.17, 15) is 39.9 Å². The number of benzene rings is 1. The summed E-state index contributed by atoms with van der Waals surface area (Å²) in [6, 6.07) is 3.02. The van der Waals surface area contributed by atoms with Crippen LogP contribution >= 0.6 is 0 Å². The van der Waals surface area contributed by atoms with E-state index < -0.39 is 75.0 Å². The van der Waals surface area contributed by atoms with E-state index >= 15 is 0 Å². The van der Waals surface area contributed by atoms with Crippen LogP contribution in [0.3, 0.4) is 0 Å². The first-order chi connectivity index (χ1) is 14.8. The minimum absolute atomic E-state index is 0.170. The molecular formula is C22H24N2O8. The van der Waals surface area contributed by atoms with Crippen molar-refractivity contribution in [3.8, 4) is 5.75 Å². The molecule has 10 nitrogen and oxygen atoms in total. The van der Waals surface area contributed by atoms with Crippen molar-refractivity contribution in [1.82, 2.24) is 4.90 Å². The van der Waals surface area contributed by atoms with Gasteiger partial charge in [0.15, 0.2) is 11.4 Å². The van der Waals surface area contributed by atoms with Crippen LogP contribution in [-0.4, -0.2) is 73.6 Å². The fraction of sp³-hybridized carbons (Fsp3) is 0.409. The second kappa shape index (κ2) is 6.64. The van der Waals surface area contributed by atoms with Gasteiger partial charge in [0.2, 0.25) is 5.78 Å². The zero-order chi connectivity index (χ0) is 23.9. The molecule has 1 saturated carbocycles. The van der Waals surface area contributed by atoms with Gasteiger partial charge in [-0.2, -0.15) is 0 Å². The summed E-state index contributed by atoms with van der Waals surface area (Å²) in [6.45, 7) is 1.40. The van der Waals surface area contributed by atoms with E-state index in [-0.39, 0.29) is 17.5 Å². The van der Waals surface area contributed by atoms with Crippen molar-refractivity contribution >= 4 is 23.2 Å². The van der Waals surface area contributed by atoms with Gasteiger partial charge in [0, 0.05) is 17.4 Å². The summed E-state index contributed by atoms with van der Waals surface area (Å²) in [5.41, 5.74) is -0.548. The highest BCUT2D eigenvalue weighted by Crippen LogP contribution is 2.57. The summed E-state index contributed by atoms with van der Waals surface area (Å²) in [5.74, 6) is -7.90. The van der Waals surface area contributed by atoms with E-state index in [1.807, 2.05) is 0 Å². The number of carbonyl (C=O) groups is 3. The summed E-state index contributed by atoms with van der Waals surface area (Å²) < 4.78 is 0. The number of ketones is 2. The molecule has 0 aromatic heterocycles. The third-order valence-electron chi connectivity index (χ3n) is 7.02. The number of aromatic hydroxyl groups is 1. The molecule has 5 atom stereocenters. The van der Waals surface area contributed by atoms with Crippen LogP contribution < -0.4 is 5.73 Å². The number of carbonyl (C=O) groups excluding carboxylic acids is 3. The first kappa shape index (κ1) is 22.0. The average molecular weight is 444 g/mol. The molecule has 32 heavy (non-hydrogen) atoms. The van der Waals surface area contributed by atoms with E-state index in [1.54, 1.807) is 0 Å². The number of phenolic OH excluding ortho intramolecular Hbond substituents is 1. The van der Waals surface area contributed by atoms with Gasteiger partial charge in [-0.25, -0.2) is 0 Å². The Hall–Kier alpha value is -3.21. The van der Waals surface area contributed by atoms with Crippen molar-refractivity contribution in [1.29, 1.82) is 0 Å². The number of amides is 1. The Morgan fingerprint density at radius 2 is 1.78 bits per heavy atom. The zero-order valence-corrected chi connectivity index (χ0v) is 17.7. The van der Waals surface area contributed by atoms with Gasteiger partial charge in [0.05, 0.1) is 17.2 Å². The van der Waals surface area contributed by atoms with Crippen molar-refractivity contribution in [2.24, 2.45) is 17.6 Å². The van der Waals surface area contributed by atoms with Crippen LogP contribution in [0, 0.1) is 11.8 Å². The number of hydrogen-bond donors (Lipinski definition) is 6. The number of phenols is 1. The highest BCUT2D eigenvalue weighted by Gasteiger charge is 2.66. The van der Waals surface area contributed by atoms with Gasteiger partial charge in [-0.05, 0) is 39.1 Å². The van der Waals surface area contributed by atoms with Crippen molar-refractivity contribution < 1.29 is 39.9 Å². The maximum absolute atomic E-state index is 13.7. The lowest BCUT2D eigenvalue weighted by Crippen LogP contribution is -2.67. The number of primary amides is 1. The van der Waals surface area contributed by atoms with Crippen molar-refractivity contribution in [2.75, 3.05) is 14.1 Å². The average Bonchev–Trinajstić information content (AvgIpc) is 2.68. The molecule has 10 heteroatoms. The Bertz CT molecular complexity index is 1150. The first-order valence-electron chi connectivity index (χ1n) is 9.97. The van der Waals surface area contributed by atoms with E-state index in [0.29, 0.717) is 0 Å². The molecule has 1 fully saturated rings. The van der Waals surface area contributed by atoms with Crippen molar-refractivity contribution in [3.05, 3.63) is 46.2 Å². The monoisotopic (exact) mass is 444 g/mol. The standard InChI is InChI=1S/C22H24N2O8/c1-21(31)8-5-4-6-11(25)12(8)16(26)13-9(21)7-10-15(24(2)3)17(27)14(20(23)30)19(29)22(10,32)18(13)28/h4-6,9-10,15,25-26,29,31-32H,7H2,1-3H3,(H2,23,30)/t9-,10+,15-,21-,22+/m1/s1. The molecule has 3 aliphatic carbocycles. The first-order valence-corrected chi connectivity index (χ1v) is 9.97. The minimum Gasteiger partial charge on any atom is -0.508 e. The second-order valence-electron chi connectivity index (χ2n) is 8.96.